The number of rotatable bonds is 1. The fraction of sp³-hybridized carbons (Fsp3) is 0.250. The molecule has 3 heteroatoms. The molecule has 0 aromatic rings. The molecule has 0 unspecified atom stereocenters. The van der Waals surface area contributed by atoms with Gasteiger partial charge >= 0.3 is 0 Å². The van der Waals surface area contributed by atoms with Gasteiger partial charge in [-0.1, -0.05) is 0 Å². The molecule has 3 nitrogen and oxygen atoms in total. The predicted octanol–water partition coefficient (Wildman–Crippen LogP) is 1.40. The first-order valence-corrected chi connectivity index (χ1v) is 3.66. The Labute approximate surface area is 65.1 Å². The summed E-state index contributed by atoms with van der Waals surface area (Å²) in [5.41, 5.74) is 1.11. The highest BCUT2D eigenvalue weighted by atomic mass is 15.1. The van der Waals surface area contributed by atoms with Crippen LogP contribution >= 0.6 is 0 Å². The highest BCUT2D eigenvalue weighted by Crippen LogP contribution is 2.16. The van der Waals surface area contributed by atoms with Crippen LogP contribution in [0.25, 0.3) is 11.4 Å². The molecule has 0 fully saturated rings. The van der Waals surface area contributed by atoms with Crippen molar-refractivity contribution in [1.29, 1.82) is 0 Å². The highest BCUT2D eigenvalue weighted by Gasteiger charge is 2.05. The maximum absolute atomic E-state index is 4.21. The molecule has 0 saturated carbocycles. The van der Waals surface area contributed by atoms with Gasteiger partial charge in [0.25, 0.3) is 0 Å². The molecule has 0 atom stereocenters. The van der Waals surface area contributed by atoms with Gasteiger partial charge in [0.1, 0.15) is 5.82 Å². The molecule has 56 valence electrons. The Bertz CT molecular complexity index is 326. The van der Waals surface area contributed by atoms with E-state index in [1.54, 1.807) is 12.5 Å². The molecule has 2 rings (SSSR count). The molecule has 0 spiro atoms. The quantitative estimate of drug-likeness (QED) is 0.610. The van der Waals surface area contributed by atoms with Crippen molar-refractivity contribution in [3.05, 3.63) is 24.8 Å². The largest absolute Gasteiger partial charge is 0.317 e. The SMILES string of the molecule is CCn1cncc2ccnc1-2. The molecule has 0 bridgehead atoms. The van der Waals surface area contributed by atoms with Gasteiger partial charge in [-0.05, 0) is 13.0 Å². The fourth-order valence-corrected chi connectivity index (χ4v) is 1.16. The molecule has 0 amide bonds. The first-order chi connectivity index (χ1) is 5.42. The molecule has 2 heterocycles. The molecule has 0 saturated heterocycles. The van der Waals surface area contributed by atoms with Gasteiger partial charge in [0.2, 0.25) is 0 Å². The third-order valence-corrected chi connectivity index (χ3v) is 1.74. The lowest BCUT2D eigenvalue weighted by molar-refractivity contribution is 0.731. The number of hydrogen-bond donors (Lipinski definition) is 0. The summed E-state index contributed by atoms with van der Waals surface area (Å²) in [6.45, 7) is 3.00. The number of aryl methyl sites for hydroxylation is 1. The zero-order chi connectivity index (χ0) is 7.68. The molecular weight excluding hydrogens is 138 g/mol. The van der Waals surface area contributed by atoms with E-state index in [0.29, 0.717) is 0 Å². The van der Waals surface area contributed by atoms with Gasteiger partial charge < -0.3 is 4.57 Å². The Morgan fingerprint density at radius 1 is 1.55 bits per heavy atom. The van der Waals surface area contributed by atoms with Gasteiger partial charge in [0.15, 0.2) is 0 Å². The molecule has 2 aliphatic rings. The summed E-state index contributed by atoms with van der Waals surface area (Å²) in [6, 6.07) is 1.97. The number of nitrogens with zero attached hydrogens (tertiary/aromatic N) is 3. The van der Waals surface area contributed by atoms with E-state index in [1.165, 1.54) is 0 Å². The monoisotopic (exact) mass is 147 g/mol. The second-order valence-electron chi connectivity index (χ2n) is 2.40. The summed E-state index contributed by atoms with van der Waals surface area (Å²) in [6.07, 6.45) is 5.43. The number of hydrogen-bond acceptors (Lipinski definition) is 2. The maximum atomic E-state index is 4.21. The van der Waals surface area contributed by atoms with Crippen molar-refractivity contribution in [1.82, 2.24) is 14.5 Å². The van der Waals surface area contributed by atoms with Crippen molar-refractivity contribution >= 4 is 0 Å². The number of aromatic nitrogens is 3. The molecule has 11 heavy (non-hydrogen) atoms. The minimum absolute atomic E-state index is 0.918. The van der Waals surface area contributed by atoms with Gasteiger partial charge in [0.05, 0.1) is 6.33 Å². The van der Waals surface area contributed by atoms with Gasteiger partial charge in [-0.25, -0.2) is 9.97 Å². The van der Waals surface area contributed by atoms with Gasteiger partial charge in [0, 0.05) is 24.5 Å². The predicted molar refractivity (Wildman–Crippen MR) is 42.3 cm³/mol. The smallest absolute Gasteiger partial charge is 0.142 e. The minimum atomic E-state index is 0.918. The molecule has 0 N–H and O–H groups in total. The summed E-state index contributed by atoms with van der Waals surface area (Å²) in [5.74, 6) is 1.02. The van der Waals surface area contributed by atoms with E-state index < -0.39 is 0 Å². The van der Waals surface area contributed by atoms with Crippen molar-refractivity contribution in [2.24, 2.45) is 0 Å². The zero-order valence-corrected chi connectivity index (χ0v) is 6.36. The summed E-state index contributed by atoms with van der Waals surface area (Å²) in [4.78, 5) is 8.29. The van der Waals surface area contributed by atoms with Gasteiger partial charge in [-0.2, -0.15) is 0 Å². The lowest BCUT2D eigenvalue weighted by Crippen LogP contribution is -2.01. The van der Waals surface area contributed by atoms with Crippen LogP contribution in [0.3, 0.4) is 0 Å². The van der Waals surface area contributed by atoms with Crippen LogP contribution in [0.4, 0.5) is 0 Å². The zero-order valence-electron chi connectivity index (χ0n) is 6.36. The van der Waals surface area contributed by atoms with Gasteiger partial charge in [-0.15, -0.1) is 0 Å². The van der Waals surface area contributed by atoms with E-state index in [0.717, 1.165) is 17.9 Å². The van der Waals surface area contributed by atoms with Crippen molar-refractivity contribution in [3.63, 3.8) is 0 Å². The highest BCUT2D eigenvalue weighted by molar-refractivity contribution is 5.55. The van der Waals surface area contributed by atoms with Crippen LogP contribution in [0.5, 0.6) is 0 Å². The molecular formula is C8H9N3. The van der Waals surface area contributed by atoms with Crippen molar-refractivity contribution in [2.75, 3.05) is 0 Å². The van der Waals surface area contributed by atoms with E-state index in [9.17, 15) is 0 Å². The van der Waals surface area contributed by atoms with Crippen LogP contribution in [0.1, 0.15) is 6.92 Å². The van der Waals surface area contributed by atoms with Gasteiger partial charge in [-0.3, -0.25) is 0 Å². The van der Waals surface area contributed by atoms with Crippen molar-refractivity contribution < 1.29 is 0 Å². The normalized spacial score (nSPS) is 10.6. The third-order valence-electron chi connectivity index (χ3n) is 1.74. The first-order valence-electron chi connectivity index (χ1n) is 3.66. The topological polar surface area (TPSA) is 30.7 Å². The minimum Gasteiger partial charge on any atom is -0.317 e. The Kier molecular flexibility index (Phi) is 1.35. The fourth-order valence-electron chi connectivity index (χ4n) is 1.16. The third kappa shape index (κ3) is 0.888. The Morgan fingerprint density at radius 3 is 3.27 bits per heavy atom. The average molecular weight is 147 g/mol. The summed E-state index contributed by atoms with van der Waals surface area (Å²) in [7, 11) is 0. The number of fused-ring (bicyclic) bond motifs is 1. The Balaban J connectivity index is 2.66. The van der Waals surface area contributed by atoms with E-state index in [2.05, 4.69) is 16.9 Å². The molecule has 2 aliphatic heterocycles. The van der Waals surface area contributed by atoms with Crippen molar-refractivity contribution in [2.45, 2.75) is 13.5 Å². The standard InChI is InChI=1S/C8H9N3/c1-2-11-6-9-5-7-3-4-10-8(7)11/h3-6H,2H2,1H3. The van der Waals surface area contributed by atoms with Crippen LogP contribution in [0.15, 0.2) is 24.8 Å². The maximum Gasteiger partial charge on any atom is 0.142 e. The molecule has 0 radical (unpaired) electrons. The lowest BCUT2D eigenvalue weighted by Gasteiger charge is -2.05. The van der Waals surface area contributed by atoms with E-state index >= 15 is 0 Å². The summed E-state index contributed by atoms with van der Waals surface area (Å²) in [5, 5.41) is 0. The second kappa shape index (κ2) is 2.34. The van der Waals surface area contributed by atoms with E-state index in [1.807, 2.05) is 16.8 Å². The van der Waals surface area contributed by atoms with Crippen LogP contribution in [0.2, 0.25) is 0 Å². The summed E-state index contributed by atoms with van der Waals surface area (Å²) < 4.78 is 2.02. The average Bonchev–Trinajstić information content (AvgIpc) is 2.50. The van der Waals surface area contributed by atoms with Crippen LogP contribution in [-0.4, -0.2) is 14.5 Å². The lowest BCUT2D eigenvalue weighted by atomic mass is 10.3. The van der Waals surface area contributed by atoms with Crippen LogP contribution in [0, 0.1) is 0 Å². The molecule has 0 aliphatic carbocycles. The van der Waals surface area contributed by atoms with Crippen molar-refractivity contribution in [3.8, 4) is 11.4 Å². The Morgan fingerprint density at radius 2 is 2.45 bits per heavy atom. The van der Waals surface area contributed by atoms with Crippen LogP contribution < -0.4 is 0 Å². The molecule has 0 aromatic carbocycles. The first kappa shape index (κ1) is 6.34. The Hall–Kier alpha value is -1.38. The molecule has 0 aromatic heterocycles. The van der Waals surface area contributed by atoms with Crippen LogP contribution in [-0.2, 0) is 6.54 Å². The summed E-state index contributed by atoms with van der Waals surface area (Å²) >= 11 is 0. The van der Waals surface area contributed by atoms with E-state index in [-0.39, 0.29) is 0 Å². The van der Waals surface area contributed by atoms with E-state index in [4.69, 9.17) is 0 Å². The second-order valence-corrected chi connectivity index (χ2v) is 2.40.